The lowest BCUT2D eigenvalue weighted by Gasteiger charge is -2.12. The molecule has 1 aromatic heterocycles. The Hall–Kier alpha value is -0.830. The van der Waals surface area contributed by atoms with Crippen molar-refractivity contribution < 1.29 is 0 Å². The molecule has 2 rings (SSSR count). The van der Waals surface area contributed by atoms with Crippen molar-refractivity contribution in [2.24, 2.45) is 5.73 Å². The maximum Gasteiger partial charge on any atom is 0.0648 e. The van der Waals surface area contributed by atoms with Gasteiger partial charge in [0.25, 0.3) is 0 Å². The average molecular weight is 240 g/mol. The maximum absolute atomic E-state index is 6.17. The van der Waals surface area contributed by atoms with Gasteiger partial charge in [-0.1, -0.05) is 30.3 Å². The van der Waals surface area contributed by atoms with Gasteiger partial charge >= 0.3 is 0 Å². The van der Waals surface area contributed by atoms with Crippen molar-refractivity contribution in [3.05, 3.63) is 57.8 Å². The second-order valence-electron chi connectivity index (χ2n) is 3.35. The zero-order valence-electron chi connectivity index (χ0n) is 8.51. The summed E-state index contributed by atoms with van der Waals surface area (Å²) in [5.74, 6) is 0. The molecule has 2 aromatic rings. The average Bonchev–Trinajstić information content (AvgIpc) is 2.70. The quantitative estimate of drug-likeness (QED) is 0.853. The first kappa shape index (κ1) is 12.2. The zero-order valence-corrected chi connectivity index (χ0v) is 10.1. The Kier molecular flexibility index (Phi) is 4.33. The highest BCUT2D eigenvalue weighted by Crippen LogP contribution is 2.25. The third kappa shape index (κ3) is 2.59. The molecule has 15 heavy (non-hydrogen) atoms. The summed E-state index contributed by atoms with van der Waals surface area (Å²) in [6.07, 6.45) is 0. The van der Waals surface area contributed by atoms with Crippen LogP contribution >= 0.6 is 23.7 Å². The molecule has 1 aromatic carbocycles. The largest absolute Gasteiger partial charge is 0.320 e. The molecule has 0 radical (unpaired) electrons. The number of rotatable bonds is 2. The molecule has 2 N–H and O–H groups in total. The van der Waals surface area contributed by atoms with Crippen LogP contribution in [0.2, 0.25) is 0 Å². The number of aryl methyl sites for hydroxylation is 1. The molecule has 0 aliphatic heterocycles. The highest BCUT2D eigenvalue weighted by Gasteiger charge is 2.10. The van der Waals surface area contributed by atoms with Crippen LogP contribution in [-0.2, 0) is 0 Å². The number of hydrogen-bond acceptors (Lipinski definition) is 2. The van der Waals surface area contributed by atoms with E-state index in [-0.39, 0.29) is 18.4 Å². The summed E-state index contributed by atoms with van der Waals surface area (Å²) in [5, 5.41) is 2.06. The Morgan fingerprint density at radius 1 is 1.13 bits per heavy atom. The van der Waals surface area contributed by atoms with Crippen molar-refractivity contribution in [3.63, 3.8) is 0 Å². The summed E-state index contributed by atoms with van der Waals surface area (Å²) in [6, 6.07) is 12.4. The van der Waals surface area contributed by atoms with Gasteiger partial charge in [-0.15, -0.1) is 23.7 Å². The first-order chi connectivity index (χ1) is 6.79. The fourth-order valence-electron chi connectivity index (χ4n) is 1.56. The van der Waals surface area contributed by atoms with Gasteiger partial charge in [-0.05, 0) is 29.5 Å². The van der Waals surface area contributed by atoms with Crippen LogP contribution in [0.3, 0.4) is 0 Å². The molecule has 0 saturated carbocycles. The van der Waals surface area contributed by atoms with E-state index in [1.165, 1.54) is 16.0 Å². The summed E-state index contributed by atoms with van der Waals surface area (Å²) in [5.41, 5.74) is 8.65. The first-order valence-electron chi connectivity index (χ1n) is 4.63. The molecule has 3 heteroatoms. The lowest BCUT2D eigenvalue weighted by atomic mass is 10.0. The minimum absolute atomic E-state index is 0. The van der Waals surface area contributed by atoms with Crippen molar-refractivity contribution in [2.75, 3.05) is 0 Å². The molecule has 0 fully saturated rings. The minimum Gasteiger partial charge on any atom is -0.320 e. The fraction of sp³-hybridized carbons (Fsp3) is 0.167. The van der Waals surface area contributed by atoms with Crippen molar-refractivity contribution >= 4 is 23.7 Å². The molecule has 0 amide bonds. The van der Waals surface area contributed by atoms with Crippen LogP contribution in [0.25, 0.3) is 0 Å². The van der Waals surface area contributed by atoms with Crippen LogP contribution in [0.4, 0.5) is 0 Å². The number of nitrogens with two attached hydrogens (primary N) is 1. The van der Waals surface area contributed by atoms with Gasteiger partial charge in [-0.2, -0.15) is 0 Å². The molecule has 1 nitrogen and oxygen atoms in total. The van der Waals surface area contributed by atoms with E-state index in [1.807, 2.05) is 18.2 Å². The fourth-order valence-corrected chi connectivity index (χ4v) is 2.30. The van der Waals surface area contributed by atoms with Crippen molar-refractivity contribution in [1.29, 1.82) is 0 Å². The summed E-state index contributed by atoms with van der Waals surface area (Å²) >= 11 is 1.71. The molecule has 0 bridgehead atoms. The number of halogens is 1. The van der Waals surface area contributed by atoms with Crippen molar-refractivity contribution in [1.82, 2.24) is 0 Å². The minimum atomic E-state index is 0. The first-order valence-corrected chi connectivity index (χ1v) is 5.51. The third-order valence-corrected chi connectivity index (χ3v) is 3.33. The Labute approximate surface area is 100 Å². The number of hydrogen-bond donors (Lipinski definition) is 1. The number of benzene rings is 1. The van der Waals surface area contributed by atoms with E-state index < -0.39 is 0 Å². The van der Waals surface area contributed by atoms with Crippen LogP contribution in [0.15, 0.2) is 41.8 Å². The summed E-state index contributed by atoms with van der Waals surface area (Å²) in [4.78, 5) is 1.22. The molecule has 0 spiro atoms. The Morgan fingerprint density at radius 2 is 1.87 bits per heavy atom. The standard InChI is InChI=1S/C12H13NS.ClH/c1-9-5-2-3-6-10(9)12(13)11-7-4-8-14-11;/h2-8,12H,13H2,1H3;1H/t12-;/m0./s1. The van der Waals surface area contributed by atoms with E-state index in [1.54, 1.807) is 11.3 Å². The van der Waals surface area contributed by atoms with Crippen LogP contribution in [0, 0.1) is 6.92 Å². The van der Waals surface area contributed by atoms with Gasteiger partial charge in [-0.25, -0.2) is 0 Å². The number of thiophene rings is 1. The van der Waals surface area contributed by atoms with Gasteiger partial charge in [0.1, 0.15) is 0 Å². The second kappa shape index (κ2) is 5.31. The van der Waals surface area contributed by atoms with E-state index >= 15 is 0 Å². The summed E-state index contributed by atoms with van der Waals surface area (Å²) in [6.45, 7) is 2.10. The predicted octanol–water partition coefficient (Wildman–Crippen LogP) is 3.53. The molecule has 1 heterocycles. The third-order valence-electron chi connectivity index (χ3n) is 2.37. The Balaban J connectivity index is 0.00000112. The van der Waals surface area contributed by atoms with E-state index in [9.17, 15) is 0 Å². The van der Waals surface area contributed by atoms with Crippen LogP contribution in [0.5, 0.6) is 0 Å². The molecule has 0 saturated heterocycles. The molecule has 0 aliphatic carbocycles. The lowest BCUT2D eigenvalue weighted by molar-refractivity contribution is 0.882. The highest BCUT2D eigenvalue weighted by molar-refractivity contribution is 7.10. The van der Waals surface area contributed by atoms with Gasteiger partial charge in [0.15, 0.2) is 0 Å². The monoisotopic (exact) mass is 239 g/mol. The highest BCUT2D eigenvalue weighted by atomic mass is 35.5. The molecule has 1 atom stereocenters. The van der Waals surface area contributed by atoms with E-state index in [4.69, 9.17) is 5.73 Å². The molecule has 0 unspecified atom stereocenters. The van der Waals surface area contributed by atoms with Crippen LogP contribution < -0.4 is 5.73 Å². The van der Waals surface area contributed by atoms with Gasteiger partial charge in [0, 0.05) is 4.88 Å². The second-order valence-corrected chi connectivity index (χ2v) is 4.33. The molecule has 0 aliphatic rings. The normalized spacial score (nSPS) is 11.9. The van der Waals surface area contributed by atoms with E-state index in [0.29, 0.717) is 0 Å². The Morgan fingerprint density at radius 3 is 2.47 bits per heavy atom. The predicted molar refractivity (Wildman–Crippen MR) is 68.8 cm³/mol. The zero-order chi connectivity index (χ0) is 9.97. The summed E-state index contributed by atoms with van der Waals surface area (Å²) < 4.78 is 0. The van der Waals surface area contributed by atoms with Crippen molar-refractivity contribution in [2.45, 2.75) is 13.0 Å². The van der Waals surface area contributed by atoms with Crippen LogP contribution in [-0.4, -0.2) is 0 Å². The molecular weight excluding hydrogens is 226 g/mol. The maximum atomic E-state index is 6.17. The molecule has 80 valence electrons. The lowest BCUT2D eigenvalue weighted by Crippen LogP contribution is -2.11. The van der Waals surface area contributed by atoms with Gasteiger partial charge < -0.3 is 5.73 Å². The smallest absolute Gasteiger partial charge is 0.0648 e. The van der Waals surface area contributed by atoms with Gasteiger partial charge in [0.05, 0.1) is 6.04 Å². The van der Waals surface area contributed by atoms with Gasteiger partial charge in [-0.3, -0.25) is 0 Å². The molecular formula is C12H14ClNS. The van der Waals surface area contributed by atoms with Crippen molar-refractivity contribution in [3.8, 4) is 0 Å². The van der Waals surface area contributed by atoms with E-state index in [0.717, 1.165) is 0 Å². The topological polar surface area (TPSA) is 26.0 Å². The SMILES string of the molecule is Cc1ccccc1[C@H](N)c1cccs1.Cl. The Bertz CT molecular complexity index is 411. The summed E-state index contributed by atoms with van der Waals surface area (Å²) in [7, 11) is 0. The van der Waals surface area contributed by atoms with E-state index in [2.05, 4.69) is 30.5 Å². The van der Waals surface area contributed by atoms with Crippen LogP contribution in [0.1, 0.15) is 22.0 Å². The van der Waals surface area contributed by atoms with Gasteiger partial charge in [0.2, 0.25) is 0 Å².